The van der Waals surface area contributed by atoms with E-state index in [9.17, 15) is 14.4 Å². The summed E-state index contributed by atoms with van der Waals surface area (Å²) in [4.78, 5) is 33.8. The normalized spacial score (nSPS) is 11.7. The van der Waals surface area contributed by atoms with Crippen molar-refractivity contribution < 1.29 is 19.5 Å². The van der Waals surface area contributed by atoms with E-state index in [1.807, 2.05) is 0 Å². The van der Waals surface area contributed by atoms with Gasteiger partial charge < -0.3 is 16.2 Å². The summed E-state index contributed by atoms with van der Waals surface area (Å²) in [6.45, 7) is 1.75. The number of aryl methyl sites for hydroxylation is 1. The Morgan fingerprint density at radius 1 is 1.40 bits per heavy atom. The lowest BCUT2D eigenvalue weighted by molar-refractivity contribution is -0.139. The topological polar surface area (TPSA) is 109 Å². The van der Waals surface area contributed by atoms with Crippen LogP contribution in [-0.4, -0.2) is 28.9 Å². The van der Waals surface area contributed by atoms with Gasteiger partial charge in [-0.3, -0.25) is 9.59 Å². The number of nitrogens with two attached hydrogens (primary N) is 1. The first-order valence-electron chi connectivity index (χ1n) is 5.89. The van der Waals surface area contributed by atoms with Crippen LogP contribution in [0.3, 0.4) is 0 Å². The second-order valence-corrected chi connectivity index (χ2v) is 5.24. The van der Waals surface area contributed by atoms with Crippen molar-refractivity contribution in [1.29, 1.82) is 0 Å². The summed E-state index contributed by atoms with van der Waals surface area (Å²) in [5.74, 6) is -2.30. The summed E-state index contributed by atoms with van der Waals surface area (Å²) in [7, 11) is 0. The number of primary amides is 1. The van der Waals surface area contributed by atoms with Crippen molar-refractivity contribution in [2.45, 2.75) is 25.8 Å². The molecule has 2 amide bonds. The number of hydrogen-bond donors (Lipinski definition) is 3. The lowest BCUT2D eigenvalue weighted by atomic mass is 10.1. The van der Waals surface area contributed by atoms with Crippen LogP contribution in [0.4, 0.5) is 0 Å². The summed E-state index contributed by atoms with van der Waals surface area (Å²) in [6, 6.07) is 3.91. The molecule has 0 aliphatic rings. The second kappa shape index (κ2) is 7.04. The molecule has 0 saturated carbocycles. The average molecular weight is 343 g/mol. The van der Waals surface area contributed by atoms with Crippen LogP contribution < -0.4 is 11.1 Å². The monoisotopic (exact) mass is 342 g/mol. The van der Waals surface area contributed by atoms with Crippen LogP contribution >= 0.6 is 15.9 Å². The number of benzene rings is 1. The molecule has 6 nitrogen and oxygen atoms in total. The zero-order valence-corrected chi connectivity index (χ0v) is 12.4. The van der Waals surface area contributed by atoms with E-state index in [0.717, 1.165) is 10.0 Å². The molecule has 0 spiro atoms. The van der Waals surface area contributed by atoms with Gasteiger partial charge in [-0.25, -0.2) is 4.79 Å². The molecule has 0 aliphatic carbocycles. The van der Waals surface area contributed by atoms with E-state index in [1.54, 1.807) is 25.1 Å². The summed E-state index contributed by atoms with van der Waals surface area (Å²) in [6.07, 6.45) is -0.136. The van der Waals surface area contributed by atoms with E-state index in [-0.39, 0.29) is 12.8 Å². The third kappa shape index (κ3) is 4.65. The molecule has 0 heterocycles. The zero-order valence-electron chi connectivity index (χ0n) is 10.9. The predicted octanol–water partition coefficient (Wildman–Crippen LogP) is 1.21. The highest BCUT2D eigenvalue weighted by atomic mass is 79.9. The number of nitrogens with one attached hydrogen (secondary N) is 1. The summed E-state index contributed by atoms with van der Waals surface area (Å²) < 4.78 is 0.829. The third-order valence-electron chi connectivity index (χ3n) is 2.72. The van der Waals surface area contributed by atoms with E-state index >= 15 is 0 Å². The highest BCUT2D eigenvalue weighted by molar-refractivity contribution is 9.10. The van der Waals surface area contributed by atoms with Crippen LogP contribution in [0.15, 0.2) is 22.7 Å². The summed E-state index contributed by atoms with van der Waals surface area (Å²) >= 11 is 3.28. The Hall–Kier alpha value is -1.89. The van der Waals surface area contributed by atoms with Gasteiger partial charge in [-0.2, -0.15) is 0 Å². The van der Waals surface area contributed by atoms with Gasteiger partial charge in [0, 0.05) is 16.5 Å². The van der Waals surface area contributed by atoms with Gasteiger partial charge in [-0.15, -0.1) is 0 Å². The Bertz CT molecular complexity index is 545. The fourth-order valence-corrected chi connectivity index (χ4v) is 2.14. The SMILES string of the molecule is Cc1cc(Br)ccc1C(=O)N[C@H](CCC(N)=O)C(=O)O. The van der Waals surface area contributed by atoms with Gasteiger partial charge in [0.15, 0.2) is 0 Å². The van der Waals surface area contributed by atoms with E-state index in [2.05, 4.69) is 21.2 Å². The van der Waals surface area contributed by atoms with Gasteiger partial charge >= 0.3 is 5.97 Å². The molecule has 0 bridgehead atoms. The van der Waals surface area contributed by atoms with Crippen LogP contribution in [-0.2, 0) is 9.59 Å². The van der Waals surface area contributed by atoms with Crippen LogP contribution in [0.1, 0.15) is 28.8 Å². The fourth-order valence-electron chi connectivity index (χ4n) is 1.66. The van der Waals surface area contributed by atoms with Crippen LogP contribution in [0, 0.1) is 6.92 Å². The maximum atomic E-state index is 12.0. The number of carboxylic acid groups (broad SMARTS) is 1. The third-order valence-corrected chi connectivity index (χ3v) is 3.21. The minimum absolute atomic E-state index is 0.0357. The quantitative estimate of drug-likeness (QED) is 0.721. The van der Waals surface area contributed by atoms with Crippen molar-refractivity contribution in [1.82, 2.24) is 5.32 Å². The molecule has 1 aromatic carbocycles. The fraction of sp³-hybridized carbons (Fsp3) is 0.308. The van der Waals surface area contributed by atoms with Gasteiger partial charge in [-0.05, 0) is 37.1 Å². The molecule has 20 heavy (non-hydrogen) atoms. The number of hydrogen-bond acceptors (Lipinski definition) is 3. The first-order chi connectivity index (χ1) is 9.31. The Kier molecular flexibility index (Phi) is 5.69. The molecule has 0 radical (unpaired) electrons. The average Bonchev–Trinajstić information content (AvgIpc) is 2.33. The lowest BCUT2D eigenvalue weighted by Gasteiger charge is -2.14. The number of halogens is 1. The van der Waals surface area contributed by atoms with Gasteiger partial charge in [-0.1, -0.05) is 15.9 Å². The molecule has 4 N–H and O–H groups in total. The number of carbonyl (C=O) groups is 3. The predicted molar refractivity (Wildman–Crippen MR) is 76.2 cm³/mol. The van der Waals surface area contributed by atoms with Crippen LogP contribution in [0.5, 0.6) is 0 Å². The second-order valence-electron chi connectivity index (χ2n) is 4.33. The molecule has 108 valence electrons. The van der Waals surface area contributed by atoms with Crippen molar-refractivity contribution >= 4 is 33.7 Å². The van der Waals surface area contributed by atoms with E-state index in [1.165, 1.54) is 0 Å². The van der Waals surface area contributed by atoms with Crippen molar-refractivity contribution in [2.24, 2.45) is 5.73 Å². The highest BCUT2D eigenvalue weighted by Gasteiger charge is 2.21. The smallest absolute Gasteiger partial charge is 0.326 e. The van der Waals surface area contributed by atoms with Crippen molar-refractivity contribution in [3.8, 4) is 0 Å². The van der Waals surface area contributed by atoms with Crippen molar-refractivity contribution in [2.75, 3.05) is 0 Å². The number of aliphatic carboxylic acids is 1. The van der Waals surface area contributed by atoms with Crippen LogP contribution in [0.2, 0.25) is 0 Å². The zero-order chi connectivity index (χ0) is 15.3. The number of rotatable bonds is 6. The largest absolute Gasteiger partial charge is 0.480 e. The first kappa shape index (κ1) is 16.2. The Balaban J connectivity index is 2.80. The summed E-state index contributed by atoms with van der Waals surface area (Å²) in [5.41, 5.74) is 6.08. The molecule has 0 unspecified atom stereocenters. The van der Waals surface area contributed by atoms with E-state index < -0.39 is 23.8 Å². The Labute approximate surface area is 124 Å². The molecule has 0 fully saturated rings. The van der Waals surface area contributed by atoms with Crippen molar-refractivity contribution in [3.05, 3.63) is 33.8 Å². The molecule has 7 heteroatoms. The molecule has 0 aromatic heterocycles. The van der Waals surface area contributed by atoms with E-state index in [0.29, 0.717) is 5.56 Å². The lowest BCUT2D eigenvalue weighted by Crippen LogP contribution is -2.41. The molecular weight excluding hydrogens is 328 g/mol. The molecular formula is C13H15BrN2O4. The number of carboxylic acids is 1. The Morgan fingerprint density at radius 3 is 2.55 bits per heavy atom. The first-order valence-corrected chi connectivity index (χ1v) is 6.68. The van der Waals surface area contributed by atoms with Gasteiger partial charge in [0.1, 0.15) is 6.04 Å². The van der Waals surface area contributed by atoms with Crippen molar-refractivity contribution in [3.63, 3.8) is 0 Å². The minimum Gasteiger partial charge on any atom is -0.480 e. The maximum absolute atomic E-state index is 12.0. The standard InChI is InChI=1S/C13H15BrN2O4/c1-7-6-8(14)2-3-9(7)12(18)16-10(13(19)20)4-5-11(15)17/h2-3,6,10H,4-5H2,1H3,(H2,15,17)(H,16,18)(H,19,20)/t10-/m1/s1. The Morgan fingerprint density at radius 2 is 2.05 bits per heavy atom. The maximum Gasteiger partial charge on any atom is 0.326 e. The van der Waals surface area contributed by atoms with Gasteiger partial charge in [0.2, 0.25) is 5.91 Å². The molecule has 0 saturated heterocycles. The van der Waals surface area contributed by atoms with Gasteiger partial charge in [0.05, 0.1) is 0 Å². The molecule has 1 aromatic rings. The molecule has 0 aliphatic heterocycles. The number of amides is 2. The van der Waals surface area contributed by atoms with Crippen LogP contribution in [0.25, 0.3) is 0 Å². The number of carbonyl (C=O) groups excluding carboxylic acids is 2. The summed E-state index contributed by atoms with van der Waals surface area (Å²) in [5, 5.41) is 11.4. The van der Waals surface area contributed by atoms with Gasteiger partial charge in [0.25, 0.3) is 5.91 Å². The van der Waals surface area contributed by atoms with E-state index in [4.69, 9.17) is 10.8 Å². The molecule has 1 atom stereocenters. The highest BCUT2D eigenvalue weighted by Crippen LogP contribution is 2.16. The molecule has 1 rings (SSSR count). The minimum atomic E-state index is -1.20.